The van der Waals surface area contributed by atoms with Crippen LogP contribution in [0.15, 0.2) is 35.2 Å². The fraction of sp³-hybridized carbons (Fsp3) is 0.556. The van der Waals surface area contributed by atoms with E-state index in [9.17, 15) is 9.59 Å². The minimum absolute atomic E-state index is 0.0930. The summed E-state index contributed by atoms with van der Waals surface area (Å²) in [5.41, 5.74) is -0.388. The van der Waals surface area contributed by atoms with Crippen molar-refractivity contribution in [2.45, 2.75) is 25.2 Å². The Morgan fingerprint density at radius 1 is 1.30 bits per heavy atom. The SMILES string of the molecule is COC(=O)[C@@]12CN(C(=O)CSc3ccccc3)C[C@@H]1C(C)(C)C2. The second-order valence-corrected chi connectivity index (χ2v) is 8.29. The lowest BCUT2D eigenvalue weighted by atomic mass is 9.48. The zero-order valence-electron chi connectivity index (χ0n) is 13.9. The van der Waals surface area contributed by atoms with Crippen molar-refractivity contribution in [3.63, 3.8) is 0 Å². The molecule has 2 aliphatic rings. The molecule has 2 fully saturated rings. The van der Waals surface area contributed by atoms with E-state index in [0.29, 0.717) is 18.8 Å². The average molecular weight is 333 g/mol. The summed E-state index contributed by atoms with van der Waals surface area (Å²) in [5, 5.41) is 0. The first-order valence-electron chi connectivity index (χ1n) is 7.93. The van der Waals surface area contributed by atoms with Crippen LogP contribution in [-0.4, -0.2) is 42.7 Å². The molecule has 0 spiro atoms. The predicted octanol–water partition coefficient (Wildman–Crippen LogP) is 2.83. The molecule has 1 saturated carbocycles. The van der Waals surface area contributed by atoms with Gasteiger partial charge in [0, 0.05) is 18.0 Å². The monoisotopic (exact) mass is 333 g/mol. The third-order valence-electron chi connectivity index (χ3n) is 5.31. The van der Waals surface area contributed by atoms with E-state index >= 15 is 0 Å². The molecule has 1 saturated heterocycles. The number of carbonyl (C=O) groups is 2. The zero-order valence-corrected chi connectivity index (χ0v) is 14.7. The molecule has 1 aromatic rings. The van der Waals surface area contributed by atoms with Gasteiger partial charge in [-0.1, -0.05) is 32.0 Å². The number of thioether (sulfide) groups is 1. The van der Waals surface area contributed by atoms with Crippen LogP contribution in [0.25, 0.3) is 0 Å². The van der Waals surface area contributed by atoms with Gasteiger partial charge in [0.15, 0.2) is 0 Å². The van der Waals surface area contributed by atoms with Crippen LogP contribution >= 0.6 is 11.8 Å². The number of esters is 1. The van der Waals surface area contributed by atoms with E-state index in [4.69, 9.17) is 4.74 Å². The first-order chi connectivity index (χ1) is 10.9. The molecule has 0 N–H and O–H groups in total. The zero-order chi connectivity index (χ0) is 16.7. The molecule has 3 rings (SSSR count). The van der Waals surface area contributed by atoms with Gasteiger partial charge in [0.25, 0.3) is 0 Å². The van der Waals surface area contributed by atoms with Gasteiger partial charge in [0.2, 0.25) is 5.91 Å². The molecule has 23 heavy (non-hydrogen) atoms. The van der Waals surface area contributed by atoms with Crippen molar-refractivity contribution in [3.05, 3.63) is 30.3 Å². The van der Waals surface area contributed by atoms with E-state index in [0.717, 1.165) is 11.3 Å². The molecule has 0 unspecified atom stereocenters. The van der Waals surface area contributed by atoms with E-state index in [1.54, 1.807) is 11.8 Å². The molecule has 2 atom stereocenters. The van der Waals surface area contributed by atoms with Crippen LogP contribution in [0.2, 0.25) is 0 Å². The van der Waals surface area contributed by atoms with Crippen molar-refractivity contribution in [2.24, 2.45) is 16.7 Å². The molecule has 1 heterocycles. The Balaban J connectivity index is 1.66. The summed E-state index contributed by atoms with van der Waals surface area (Å²) in [5.74, 6) is 0.558. The molecule has 1 aliphatic heterocycles. The van der Waals surface area contributed by atoms with Gasteiger partial charge in [-0.3, -0.25) is 9.59 Å². The van der Waals surface area contributed by atoms with E-state index in [2.05, 4.69) is 13.8 Å². The van der Waals surface area contributed by atoms with Crippen LogP contribution in [0.4, 0.5) is 0 Å². The lowest BCUT2D eigenvalue weighted by Gasteiger charge is -2.54. The molecule has 4 nitrogen and oxygen atoms in total. The van der Waals surface area contributed by atoms with Crippen LogP contribution in [0.1, 0.15) is 20.3 Å². The van der Waals surface area contributed by atoms with Crippen molar-refractivity contribution in [2.75, 3.05) is 26.0 Å². The minimum atomic E-state index is -0.481. The van der Waals surface area contributed by atoms with Gasteiger partial charge in [0.1, 0.15) is 0 Å². The maximum atomic E-state index is 12.6. The van der Waals surface area contributed by atoms with Crippen LogP contribution in [0.3, 0.4) is 0 Å². The highest BCUT2D eigenvalue weighted by Gasteiger charge is 2.67. The van der Waals surface area contributed by atoms with Crippen molar-refractivity contribution in [3.8, 4) is 0 Å². The number of nitrogens with zero attached hydrogens (tertiary/aromatic N) is 1. The highest BCUT2D eigenvalue weighted by molar-refractivity contribution is 8.00. The molecular weight excluding hydrogens is 310 g/mol. The molecule has 1 aliphatic carbocycles. The van der Waals surface area contributed by atoms with Crippen molar-refractivity contribution in [1.82, 2.24) is 4.90 Å². The normalized spacial score (nSPS) is 28.0. The van der Waals surface area contributed by atoms with Gasteiger partial charge in [0.05, 0.1) is 18.3 Å². The third kappa shape index (κ3) is 2.75. The Labute approximate surface area is 141 Å². The second kappa shape index (κ2) is 5.86. The number of likely N-dealkylation sites (tertiary alicyclic amines) is 1. The van der Waals surface area contributed by atoms with E-state index in [-0.39, 0.29) is 23.2 Å². The summed E-state index contributed by atoms with van der Waals surface area (Å²) in [6.45, 7) is 5.51. The second-order valence-electron chi connectivity index (χ2n) is 7.24. The number of rotatable bonds is 4. The van der Waals surface area contributed by atoms with Crippen LogP contribution in [0.5, 0.6) is 0 Å². The molecule has 0 aromatic heterocycles. The lowest BCUT2D eigenvalue weighted by Crippen LogP contribution is -2.57. The third-order valence-corrected chi connectivity index (χ3v) is 6.30. The Morgan fingerprint density at radius 2 is 2.00 bits per heavy atom. The average Bonchev–Trinajstić information content (AvgIpc) is 2.89. The van der Waals surface area contributed by atoms with E-state index < -0.39 is 5.41 Å². The molecule has 0 radical (unpaired) electrons. The molecule has 1 aromatic carbocycles. The van der Waals surface area contributed by atoms with Gasteiger partial charge >= 0.3 is 5.97 Å². The Hall–Kier alpha value is -1.49. The number of benzene rings is 1. The Bertz CT molecular complexity index is 616. The summed E-state index contributed by atoms with van der Waals surface area (Å²) < 4.78 is 5.03. The molecule has 0 bridgehead atoms. The number of hydrogen-bond donors (Lipinski definition) is 0. The molecule has 124 valence electrons. The number of amides is 1. The van der Waals surface area contributed by atoms with Gasteiger partial charge in [-0.05, 0) is 29.9 Å². The van der Waals surface area contributed by atoms with E-state index in [1.807, 2.05) is 35.2 Å². The summed E-state index contributed by atoms with van der Waals surface area (Å²) in [6.07, 6.45) is 0.799. The molecule has 1 amide bonds. The van der Waals surface area contributed by atoms with Crippen molar-refractivity contribution in [1.29, 1.82) is 0 Å². The minimum Gasteiger partial charge on any atom is -0.469 e. The van der Waals surface area contributed by atoms with Crippen LogP contribution < -0.4 is 0 Å². The van der Waals surface area contributed by atoms with Crippen LogP contribution in [-0.2, 0) is 14.3 Å². The first-order valence-corrected chi connectivity index (χ1v) is 8.92. The Kier molecular flexibility index (Phi) is 4.17. The summed E-state index contributed by atoms with van der Waals surface area (Å²) in [6, 6.07) is 9.91. The smallest absolute Gasteiger partial charge is 0.314 e. The predicted molar refractivity (Wildman–Crippen MR) is 90.1 cm³/mol. The maximum absolute atomic E-state index is 12.6. The van der Waals surface area contributed by atoms with Crippen LogP contribution in [0, 0.1) is 16.7 Å². The van der Waals surface area contributed by atoms with Gasteiger partial charge < -0.3 is 9.64 Å². The quantitative estimate of drug-likeness (QED) is 0.628. The summed E-state index contributed by atoms with van der Waals surface area (Å²) in [4.78, 5) is 27.8. The van der Waals surface area contributed by atoms with Gasteiger partial charge in [-0.15, -0.1) is 11.8 Å². The number of ether oxygens (including phenoxy) is 1. The van der Waals surface area contributed by atoms with Gasteiger partial charge in [-0.2, -0.15) is 0 Å². The summed E-state index contributed by atoms with van der Waals surface area (Å²) in [7, 11) is 1.44. The highest BCUT2D eigenvalue weighted by Crippen LogP contribution is 2.63. The number of fused-ring (bicyclic) bond motifs is 1. The fourth-order valence-electron chi connectivity index (χ4n) is 4.32. The topological polar surface area (TPSA) is 46.6 Å². The van der Waals surface area contributed by atoms with Crippen molar-refractivity contribution < 1.29 is 14.3 Å². The number of carbonyl (C=O) groups excluding carboxylic acids is 2. The number of methoxy groups -OCH3 is 1. The summed E-state index contributed by atoms with van der Waals surface area (Å²) >= 11 is 1.54. The number of hydrogen-bond acceptors (Lipinski definition) is 4. The largest absolute Gasteiger partial charge is 0.469 e. The van der Waals surface area contributed by atoms with E-state index in [1.165, 1.54) is 7.11 Å². The fourth-order valence-corrected chi connectivity index (χ4v) is 5.14. The van der Waals surface area contributed by atoms with Gasteiger partial charge in [-0.25, -0.2) is 0 Å². The Morgan fingerprint density at radius 3 is 2.61 bits per heavy atom. The first kappa shape index (κ1) is 16.4. The maximum Gasteiger partial charge on any atom is 0.314 e. The standard InChI is InChI=1S/C18H23NO3S/c1-17(2)11-18(16(21)22-3)12-19(9-14(17)18)15(20)10-23-13-7-5-4-6-8-13/h4-8,14H,9-12H2,1-3H3/t14-,18+/m1/s1. The molecular formula is C18H23NO3S. The highest BCUT2D eigenvalue weighted by atomic mass is 32.2. The molecule has 5 heteroatoms. The van der Waals surface area contributed by atoms with Crippen molar-refractivity contribution >= 4 is 23.6 Å². The lowest BCUT2D eigenvalue weighted by molar-refractivity contribution is -0.174.